The summed E-state index contributed by atoms with van der Waals surface area (Å²) in [6.07, 6.45) is 4.91. The lowest BCUT2D eigenvalue weighted by Crippen LogP contribution is -2.45. The van der Waals surface area contributed by atoms with Crippen LogP contribution in [0.4, 0.5) is 0 Å². The van der Waals surface area contributed by atoms with Crippen molar-refractivity contribution in [3.63, 3.8) is 0 Å². The molecule has 1 unspecified atom stereocenters. The summed E-state index contributed by atoms with van der Waals surface area (Å²) >= 11 is 0. The molecule has 132 valence electrons. The number of nitrogens with zero attached hydrogens (tertiary/aromatic N) is 3. The van der Waals surface area contributed by atoms with Crippen LogP contribution in [0.15, 0.2) is 29.5 Å². The summed E-state index contributed by atoms with van der Waals surface area (Å²) in [5, 5.41) is 6.64. The van der Waals surface area contributed by atoms with E-state index in [4.69, 9.17) is 4.74 Å². The largest absolute Gasteiger partial charge is 0.490 e. The maximum Gasteiger partial charge on any atom is 0.222 e. The Labute approximate surface area is 143 Å². The van der Waals surface area contributed by atoms with E-state index >= 15 is 0 Å². The first-order valence-electron chi connectivity index (χ1n) is 8.58. The van der Waals surface area contributed by atoms with Gasteiger partial charge in [0.15, 0.2) is 5.96 Å². The van der Waals surface area contributed by atoms with E-state index in [1.807, 2.05) is 30.9 Å². The van der Waals surface area contributed by atoms with Gasteiger partial charge in [0, 0.05) is 38.3 Å². The van der Waals surface area contributed by atoms with Crippen molar-refractivity contribution >= 4 is 11.9 Å². The maximum atomic E-state index is 11.7. The second-order valence-electron chi connectivity index (χ2n) is 5.62. The average Bonchev–Trinajstić information content (AvgIpc) is 3.07. The summed E-state index contributed by atoms with van der Waals surface area (Å²) in [6, 6.07) is 3.96. The zero-order valence-corrected chi connectivity index (χ0v) is 14.5. The first-order chi connectivity index (χ1) is 11.7. The van der Waals surface area contributed by atoms with Gasteiger partial charge in [0.05, 0.1) is 12.7 Å². The van der Waals surface area contributed by atoms with E-state index in [9.17, 15) is 4.79 Å². The molecule has 2 heterocycles. The summed E-state index contributed by atoms with van der Waals surface area (Å²) in [7, 11) is 0. The Morgan fingerprint density at radius 3 is 3.08 bits per heavy atom. The van der Waals surface area contributed by atoms with Crippen molar-refractivity contribution in [2.24, 2.45) is 4.99 Å². The topological polar surface area (TPSA) is 78.9 Å². The number of likely N-dealkylation sites (tertiary alicyclic amines) is 1. The number of aromatic nitrogens is 1. The Hall–Kier alpha value is -2.31. The molecule has 0 aliphatic carbocycles. The van der Waals surface area contributed by atoms with E-state index in [1.54, 1.807) is 12.4 Å². The molecule has 1 fully saturated rings. The second kappa shape index (κ2) is 9.75. The Morgan fingerprint density at radius 2 is 2.38 bits per heavy atom. The van der Waals surface area contributed by atoms with Gasteiger partial charge in [-0.15, -0.1) is 0 Å². The molecule has 0 aromatic carbocycles. The summed E-state index contributed by atoms with van der Waals surface area (Å²) in [5.41, 5.74) is 0. The normalized spacial score (nSPS) is 17.7. The van der Waals surface area contributed by atoms with Gasteiger partial charge in [0.25, 0.3) is 0 Å². The van der Waals surface area contributed by atoms with Crippen LogP contribution in [0.1, 0.15) is 26.7 Å². The van der Waals surface area contributed by atoms with Crippen molar-refractivity contribution < 1.29 is 9.53 Å². The molecule has 7 heteroatoms. The van der Waals surface area contributed by atoms with Crippen molar-refractivity contribution in [2.45, 2.75) is 32.7 Å². The average molecular weight is 333 g/mol. The minimum atomic E-state index is 0.214. The third kappa shape index (κ3) is 5.72. The van der Waals surface area contributed by atoms with Crippen molar-refractivity contribution in [2.75, 3.05) is 32.8 Å². The lowest BCUT2D eigenvalue weighted by molar-refractivity contribution is -0.129. The molecule has 1 saturated heterocycles. The molecule has 7 nitrogen and oxygen atoms in total. The van der Waals surface area contributed by atoms with Crippen LogP contribution < -0.4 is 15.4 Å². The molecular weight excluding hydrogens is 306 g/mol. The molecule has 24 heavy (non-hydrogen) atoms. The highest BCUT2D eigenvalue weighted by molar-refractivity contribution is 5.80. The number of hydrogen-bond donors (Lipinski definition) is 2. The first kappa shape index (κ1) is 18.0. The zero-order chi connectivity index (χ0) is 17.2. The molecule has 1 amide bonds. The molecule has 0 spiro atoms. The quantitative estimate of drug-likeness (QED) is 0.443. The summed E-state index contributed by atoms with van der Waals surface area (Å²) in [6.45, 7) is 7.32. The van der Waals surface area contributed by atoms with Gasteiger partial charge in [-0.3, -0.25) is 9.78 Å². The van der Waals surface area contributed by atoms with Crippen LogP contribution in [-0.2, 0) is 4.79 Å². The number of ether oxygens (including phenoxy) is 1. The summed E-state index contributed by atoms with van der Waals surface area (Å²) < 4.78 is 5.59. The molecule has 2 rings (SSSR count). The van der Waals surface area contributed by atoms with Crippen LogP contribution in [0.25, 0.3) is 0 Å². The number of nitrogens with one attached hydrogen (secondary N) is 2. The predicted octanol–water partition coefficient (Wildman–Crippen LogP) is 1.03. The number of hydrogen-bond acceptors (Lipinski definition) is 4. The molecule has 0 radical (unpaired) electrons. The number of carbonyl (C=O) groups is 1. The third-order valence-electron chi connectivity index (χ3n) is 3.79. The Morgan fingerprint density at radius 1 is 1.50 bits per heavy atom. The SMILES string of the molecule is CCNC(=NCCOc1cccnc1)NC1CCN(C(=O)CC)C1. The van der Waals surface area contributed by atoms with E-state index in [1.165, 1.54) is 0 Å². The highest BCUT2D eigenvalue weighted by Crippen LogP contribution is 2.10. The number of rotatable bonds is 7. The van der Waals surface area contributed by atoms with Gasteiger partial charge in [-0.05, 0) is 25.5 Å². The summed E-state index contributed by atoms with van der Waals surface area (Å²) in [5.74, 6) is 1.73. The highest BCUT2D eigenvalue weighted by atomic mass is 16.5. The van der Waals surface area contributed by atoms with E-state index in [-0.39, 0.29) is 11.9 Å². The molecule has 2 N–H and O–H groups in total. The molecule has 1 atom stereocenters. The van der Waals surface area contributed by atoms with Crippen LogP contribution in [0.2, 0.25) is 0 Å². The van der Waals surface area contributed by atoms with Crippen LogP contribution in [0.5, 0.6) is 5.75 Å². The van der Waals surface area contributed by atoms with Crippen molar-refractivity contribution in [1.29, 1.82) is 0 Å². The van der Waals surface area contributed by atoms with Crippen LogP contribution in [0.3, 0.4) is 0 Å². The lowest BCUT2D eigenvalue weighted by atomic mass is 10.3. The van der Waals surface area contributed by atoms with E-state index < -0.39 is 0 Å². The molecule has 1 aliphatic rings. The van der Waals surface area contributed by atoms with Gasteiger partial charge in [-0.25, -0.2) is 4.99 Å². The van der Waals surface area contributed by atoms with Gasteiger partial charge >= 0.3 is 0 Å². The van der Waals surface area contributed by atoms with Crippen LogP contribution >= 0.6 is 0 Å². The van der Waals surface area contributed by atoms with Crippen LogP contribution in [-0.4, -0.2) is 60.6 Å². The summed E-state index contributed by atoms with van der Waals surface area (Å²) in [4.78, 5) is 22.2. The molecule has 0 saturated carbocycles. The Kier molecular flexibility index (Phi) is 7.32. The van der Waals surface area contributed by atoms with E-state index in [0.29, 0.717) is 19.6 Å². The van der Waals surface area contributed by atoms with E-state index in [0.717, 1.165) is 37.8 Å². The van der Waals surface area contributed by atoms with Crippen molar-refractivity contribution in [3.05, 3.63) is 24.5 Å². The fraction of sp³-hybridized carbons (Fsp3) is 0.588. The van der Waals surface area contributed by atoms with Gasteiger partial charge < -0.3 is 20.3 Å². The Bertz CT molecular complexity index is 535. The number of guanidine groups is 1. The molecule has 0 bridgehead atoms. The van der Waals surface area contributed by atoms with Gasteiger partial charge in [-0.2, -0.15) is 0 Å². The van der Waals surface area contributed by atoms with Gasteiger partial charge in [0.1, 0.15) is 12.4 Å². The molecular formula is C17H27N5O2. The zero-order valence-electron chi connectivity index (χ0n) is 14.5. The second-order valence-corrected chi connectivity index (χ2v) is 5.62. The molecule has 1 aliphatic heterocycles. The van der Waals surface area contributed by atoms with Crippen molar-refractivity contribution in [3.8, 4) is 5.75 Å². The number of pyridine rings is 1. The van der Waals surface area contributed by atoms with Crippen LogP contribution in [0, 0.1) is 0 Å². The number of amides is 1. The van der Waals surface area contributed by atoms with Gasteiger partial charge in [0.2, 0.25) is 5.91 Å². The number of aliphatic imine (C=N–C) groups is 1. The van der Waals surface area contributed by atoms with E-state index in [2.05, 4.69) is 20.6 Å². The lowest BCUT2D eigenvalue weighted by Gasteiger charge is -2.18. The number of carbonyl (C=O) groups excluding carboxylic acids is 1. The van der Waals surface area contributed by atoms with Crippen molar-refractivity contribution in [1.82, 2.24) is 20.5 Å². The minimum absolute atomic E-state index is 0.214. The third-order valence-corrected chi connectivity index (χ3v) is 3.79. The Balaban J connectivity index is 1.77. The maximum absolute atomic E-state index is 11.7. The minimum Gasteiger partial charge on any atom is -0.490 e. The first-order valence-corrected chi connectivity index (χ1v) is 8.58. The highest BCUT2D eigenvalue weighted by Gasteiger charge is 2.25. The monoisotopic (exact) mass is 333 g/mol. The molecule has 1 aromatic heterocycles. The molecule has 1 aromatic rings. The standard InChI is InChI=1S/C17H27N5O2/c1-3-16(23)22-10-7-14(13-22)21-17(19-4-2)20-9-11-24-15-6-5-8-18-12-15/h5-6,8,12,14H,3-4,7,9-11,13H2,1-2H3,(H2,19,20,21). The van der Waals surface area contributed by atoms with Gasteiger partial charge in [-0.1, -0.05) is 6.92 Å². The smallest absolute Gasteiger partial charge is 0.222 e. The fourth-order valence-corrected chi connectivity index (χ4v) is 2.59. The fourth-order valence-electron chi connectivity index (χ4n) is 2.59. The predicted molar refractivity (Wildman–Crippen MR) is 94.1 cm³/mol.